The molecule has 1 saturated heterocycles. The van der Waals surface area contributed by atoms with E-state index in [1.807, 2.05) is 6.92 Å². The number of thioether (sulfide) groups is 1. The molecule has 2 aliphatic rings. The van der Waals surface area contributed by atoms with E-state index in [9.17, 15) is 4.79 Å². The lowest BCUT2D eigenvalue weighted by molar-refractivity contribution is -0.121. The minimum absolute atomic E-state index is 0.0766. The molecule has 2 heterocycles. The number of fused-ring (bicyclic) bond motifs is 1. The van der Waals surface area contributed by atoms with Gasteiger partial charge in [-0.15, -0.1) is 0 Å². The zero-order valence-corrected chi connectivity index (χ0v) is 13.2. The third kappa shape index (κ3) is 2.47. The number of thiocarbonyl (C=S) groups is 1. The van der Waals surface area contributed by atoms with Gasteiger partial charge < -0.3 is 14.2 Å². The Morgan fingerprint density at radius 1 is 1.43 bits per heavy atom. The topological polar surface area (TPSA) is 48.0 Å². The molecule has 0 bridgehead atoms. The second kappa shape index (κ2) is 5.57. The van der Waals surface area contributed by atoms with Gasteiger partial charge in [-0.3, -0.25) is 9.69 Å². The lowest BCUT2D eigenvalue weighted by atomic mass is 10.1. The maximum absolute atomic E-state index is 12.2. The van der Waals surface area contributed by atoms with Crippen molar-refractivity contribution < 1.29 is 19.0 Å². The Morgan fingerprint density at radius 2 is 2.14 bits per heavy atom. The van der Waals surface area contributed by atoms with Crippen molar-refractivity contribution in [2.24, 2.45) is 0 Å². The third-order valence-electron chi connectivity index (χ3n) is 3.20. The number of carbonyl (C=O) groups is 1. The monoisotopic (exact) mass is 323 g/mol. The number of amides is 1. The van der Waals surface area contributed by atoms with Gasteiger partial charge in [0, 0.05) is 18.2 Å². The number of benzene rings is 1. The summed E-state index contributed by atoms with van der Waals surface area (Å²) in [6.07, 6.45) is 1.77. The molecule has 5 nitrogen and oxygen atoms in total. The predicted octanol–water partition coefficient (Wildman–Crippen LogP) is 2.65. The van der Waals surface area contributed by atoms with Crippen LogP contribution in [0.1, 0.15) is 12.5 Å². The summed E-state index contributed by atoms with van der Waals surface area (Å²) in [5, 5.41) is 0. The first-order valence-electron chi connectivity index (χ1n) is 6.37. The second-order valence-electron chi connectivity index (χ2n) is 4.37. The SMILES string of the molecule is CCN1C(=O)C(=Cc2cc3c(cc2OC)OCO3)SC1=S. The lowest BCUT2D eigenvalue weighted by Crippen LogP contribution is -2.27. The molecule has 0 radical (unpaired) electrons. The molecular weight excluding hydrogens is 310 g/mol. The van der Waals surface area contributed by atoms with Gasteiger partial charge in [0.25, 0.3) is 5.91 Å². The number of ether oxygens (including phenoxy) is 3. The van der Waals surface area contributed by atoms with Crippen LogP contribution >= 0.6 is 24.0 Å². The summed E-state index contributed by atoms with van der Waals surface area (Å²) in [4.78, 5) is 14.4. The van der Waals surface area contributed by atoms with Crippen LogP contribution in [-0.2, 0) is 4.79 Å². The van der Waals surface area contributed by atoms with Crippen LogP contribution in [0.15, 0.2) is 17.0 Å². The maximum atomic E-state index is 12.2. The van der Waals surface area contributed by atoms with Gasteiger partial charge in [0.2, 0.25) is 6.79 Å². The Balaban J connectivity index is 2.00. The number of hydrogen-bond acceptors (Lipinski definition) is 6. The molecule has 0 N–H and O–H groups in total. The molecule has 0 aliphatic carbocycles. The molecule has 7 heteroatoms. The molecule has 1 fully saturated rings. The minimum atomic E-state index is -0.0766. The summed E-state index contributed by atoms with van der Waals surface area (Å²) in [5.74, 6) is 1.84. The number of carbonyl (C=O) groups excluding carboxylic acids is 1. The van der Waals surface area contributed by atoms with E-state index in [2.05, 4.69) is 0 Å². The van der Waals surface area contributed by atoms with Crippen LogP contribution in [0, 0.1) is 0 Å². The smallest absolute Gasteiger partial charge is 0.266 e. The first-order valence-corrected chi connectivity index (χ1v) is 7.59. The summed E-state index contributed by atoms with van der Waals surface area (Å²) < 4.78 is 16.6. The quantitative estimate of drug-likeness (QED) is 0.629. The molecule has 0 atom stereocenters. The highest BCUT2D eigenvalue weighted by molar-refractivity contribution is 8.26. The van der Waals surface area contributed by atoms with Crippen molar-refractivity contribution >= 4 is 40.3 Å². The van der Waals surface area contributed by atoms with E-state index >= 15 is 0 Å². The normalized spacial score (nSPS) is 18.8. The van der Waals surface area contributed by atoms with E-state index in [0.717, 1.165) is 5.56 Å². The molecule has 110 valence electrons. The zero-order valence-electron chi connectivity index (χ0n) is 11.5. The van der Waals surface area contributed by atoms with Crippen molar-refractivity contribution in [3.05, 3.63) is 22.6 Å². The van der Waals surface area contributed by atoms with Gasteiger partial charge in [-0.05, 0) is 19.1 Å². The van der Waals surface area contributed by atoms with Crippen LogP contribution in [0.2, 0.25) is 0 Å². The fourth-order valence-corrected chi connectivity index (χ4v) is 3.52. The molecule has 0 unspecified atom stereocenters. The molecule has 1 aromatic rings. The summed E-state index contributed by atoms with van der Waals surface area (Å²) >= 11 is 6.50. The Morgan fingerprint density at radius 3 is 2.76 bits per heavy atom. The van der Waals surface area contributed by atoms with Gasteiger partial charge in [0.15, 0.2) is 11.5 Å². The number of nitrogens with zero attached hydrogens (tertiary/aromatic N) is 1. The highest BCUT2D eigenvalue weighted by atomic mass is 32.2. The van der Waals surface area contributed by atoms with Crippen LogP contribution in [0.25, 0.3) is 6.08 Å². The first kappa shape index (κ1) is 14.2. The molecule has 3 rings (SSSR count). The van der Waals surface area contributed by atoms with Crippen LogP contribution in [0.5, 0.6) is 17.2 Å². The fourth-order valence-electron chi connectivity index (χ4n) is 2.14. The van der Waals surface area contributed by atoms with Crippen molar-refractivity contribution in [1.29, 1.82) is 0 Å². The molecular formula is C14H13NO4S2. The van der Waals surface area contributed by atoms with E-state index in [1.54, 1.807) is 30.2 Å². The van der Waals surface area contributed by atoms with Crippen LogP contribution < -0.4 is 14.2 Å². The molecule has 0 spiro atoms. The molecule has 0 aromatic heterocycles. The van der Waals surface area contributed by atoms with Crippen molar-refractivity contribution in [2.75, 3.05) is 20.4 Å². The number of methoxy groups -OCH3 is 1. The maximum Gasteiger partial charge on any atom is 0.266 e. The van der Waals surface area contributed by atoms with Crippen LogP contribution in [0.4, 0.5) is 0 Å². The largest absolute Gasteiger partial charge is 0.496 e. The second-order valence-corrected chi connectivity index (χ2v) is 6.05. The standard InChI is InChI=1S/C14H13NO4S2/c1-3-15-13(16)12(21-14(15)20)5-8-4-10-11(19-7-18-10)6-9(8)17-2/h4-6H,3,7H2,1-2H3. The van der Waals surface area contributed by atoms with Crippen molar-refractivity contribution in [3.8, 4) is 17.2 Å². The fraction of sp³-hybridized carbons (Fsp3) is 0.286. The van der Waals surface area contributed by atoms with E-state index in [4.69, 9.17) is 26.4 Å². The van der Waals surface area contributed by atoms with Gasteiger partial charge in [-0.1, -0.05) is 24.0 Å². The van der Waals surface area contributed by atoms with E-state index in [1.165, 1.54) is 11.8 Å². The molecule has 1 amide bonds. The summed E-state index contributed by atoms with van der Waals surface area (Å²) in [6, 6.07) is 3.56. The Hall–Kier alpha value is -1.73. The van der Waals surface area contributed by atoms with E-state index in [0.29, 0.717) is 33.0 Å². The highest BCUT2D eigenvalue weighted by Crippen LogP contribution is 2.40. The van der Waals surface area contributed by atoms with Crippen molar-refractivity contribution in [2.45, 2.75) is 6.92 Å². The van der Waals surface area contributed by atoms with Crippen molar-refractivity contribution in [1.82, 2.24) is 4.90 Å². The van der Waals surface area contributed by atoms with Gasteiger partial charge in [0.1, 0.15) is 10.1 Å². The minimum Gasteiger partial charge on any atom is -0.496 e. The van der Waals surface area contributed by atoms with Crippen molar-refractivity contribution in [3.63, 3.8) is 0 Å². The van der Waals surface area contributed by atoms with Gasteiger partial charge >= 0.3 is 0 Å². The number of rotatable bonds is 3. The molecule has 21 heavy (non-hydrogen) atoms. The highest BCUT2D eigenvalue weighted by Gasteiger charge is 2.31. The number of hydrogen-bond donors (Lipinski definition) is 0. The van der Waals surface area contributed by atoms with E-state index < -0.39 is 0 Å². The summed E-state index contributed by atoms with van der Waals surface area (Å²) in [5.41, 5.74) is 0.762. The first-order chi connectivity index (χ1) is 10.1. The summed E-state index contributed by atoms with van der Waals surface area (Å²) in [6.45, 7) is 2.66. The lowest BCUT2D eigenvalue weighted by Gasteiger charge is -2.10. The zero-order chi connectivity index (χ0) is 15.0. The van der Waals surface area contributed by atoms with Gasteiger partial charge in [-0.2, -0.15) is 0 Å². The predicted molar refractivity (Wildman–Crippen MR) is 84.7 cm³/mol. The summed E-state index contributed by atoms with van der Waals surface area (Å²) in [7, 11) is 1.58. The van der Waals surface area contributed by atoms with Gasteiger partial charge in [-0.25, -0.2) is 0 Å². The average molecular weight is 323 g/mol. The molecule has 2 aliphatic heterocycles. The number of likely N-dealkylation sites (N-methyl/N-ethyl adjacent to an activating group) is 1. The molecule has 1 aromatic carbocycles. The Labute approximate surface area is 131 Å². The van der Waals surface area contributed by atoms with E-state index in [-0.39, 0.29) is 12.7 Å². The Bertz CT molecular complexity index is 657. The van der Waals surface area contributed by atoms with Crippen LogP contribution in [0.3, 0.4) is 0 Å². The third-order valence-corrected chi connectivity index (χ3v) is 4.58. The average Bonchev–Trinajstić information content (AvgIpc) is 3.02. The van der Waals surface area contributed by atoms with Gasteiger partial charge in [0.05, 0.1) is 12.0 Å². The molecule has 0 saturated carbocycles. The Kier molecular flexibility index (Phi) is 3.77. The van der Waals surface area contributed by atoms with Crippen LogP contribution in [-0.4, -0.2) is 35.6 Å².